The molecule has 0 radical (unpaired) electrons. The summed E-state index contributed by atoms with van der Waals surface area (Å²) in [5.41, 5.74) is 1.60. The van der Waals surface area contributed by atoms with Crippen LogP contribution < -0.4 is 4.90 Å². The van der Waals surface area contributed by atoms with Gasteiger partial charge in [-0.2, -0.15) is 0 Å². The zero-order valence-corrected chi connectivity index (χ0v) is 13.9. The number of rotatable bonds is 6. The van der Waals surface area contributed by atoms with Gasteiger partial charge < -0.3 is 14.4 Å². The van der Waals surface area contributed by atoms with Crippen molar-refractivity contribution >= 4 is 23.0 Å². The number of methoxy groups -OCH3 is 1. The zero-order valence-electron chi connectivity index (χ0n) is 13.1. The number of aromatic nitrogens is 1. The number of ether oxygens (including phenoxy) is 2. The summed E-state index contributed by atoms with van der Waals surface area (Å²) in [5, 5.41) is 2.51. The Bertz CT molecular complexity index is 644. The Morgan fingerprint density at radius 3 is 3.00 bits per heavy atom. The van der Waals surface area contributed by atoms with E-state index in [0.717, 1.165) is 24.5 Å². The van der Waals surface area contributed by atoms with Gasteiger partial charge in [0.2, 0.25) is 0 Å². The molecular formula is C17H20N2O3S. The van der Waals surface area contributed by atoms with Gasteiger partial charge in [0.25, 0.3) is 0 Å². The van der Waals surface area contributed by atoms with Gasteiger partial charge in [0, 0.05) is 37.2 Å². The smallest absolute Gasteiger partial charge is 0.357 e. The van der Waals surface area contributed by atoms with E-state index in [4.69, 9.17) is 9.47 Å². The number of benzene rings is 1. The lowest BCUT2D eigenvalue weighted by Gasteiger charge is -2.18. The van der Waals surface area contributed by atoms with Crippen molar-refractivity contribution in [1.82, 2.24) is 4.98 Å². The van der Waals surface area contributed by atoms with Gasteiger partial charge in [-0.05, 0) is 18.6 Å². The van der Waals surface area contributed by atoms with E-state index >= 15 is 0 Å². The maximum atomic E-state index is 12.0. The Hall–Kier alpha value is -1.92. The molecule has 0 bridgehead atoms. The second-order valence-electron chi connectivity index (χ2n) is 5.59. The third-order valence-corrected chi connectivity index (χ3v) is 4.71. The van der Waals surface area contributed by atoms with E-state index in [-0.39, 0.29) is 5.97 Å². The molecule has 2 heterocycles. The van der Waals surface area contributed by atoms with Crippen LogP contribution in [0.25, 0.3) is 0 Å². The molecular weight excluding hydrogens is 312 g/mol. The van der Waals surface area contributed by atoms with Crippen LogP contribution in [0.15, 0.2) is 35.7 Å². The third-order valence-electron chi connectivity index (χ3n) is 3.89. The molecule has 2 aromatic rings. The molecule has 0 N–H and O–H groups in total. The topological polar surface area (TPSA) is 51.7 Å². The first-order chi connectivity index (χ1) is 11.3. The van der Waals surface area contributed by atoms with Crippen LogP contribution in [0.2, 0.25) is 0 Å². The summed E-state index contributed by atoms with van der Waals surface area (Å²) in [4.78, 5) is 18.6. The van der Waals surface area contributed by atoms with Crippen molar-refractivity contribution in [3.8, 4) is 0 Å². The van der Waals surface area contributed by atoms with E-state index in [9.17, 15) is 4.79 Å². The first-order valence-corrected chi connectivity index (χ1v) is 8.54. The van der Waals surface area contributed by atoms with Crippen LogP contribution in [-0.2, 0) is 16.1 Å². The van der Waals surface area contributed by atoms with Gasteiger partial charge in [-0.15, -0.1) is 11.3 Å². The second kappa shape index (κ2) is 7.57. The number of carbonyl (C=O) groups is 1. The lowest BCUT2D eigenvalue weighted by atomic mass is 10.1. The van der Waals surface area contributed by atoms with Crippen LogP contribution in [-0.4, -0.2) is 37.8 Å². The average molecular weight is 332 g/mol. The molecule has 0 spiro atoms. The number of anilines is 1. The molecule has 5 nitrogen and oxygen atoms in total. The van der Waals surface area contributed by atoms with E-state index in [0.29, 0.717) is 24.8 Å². The van der Waals surface area contributed by atoms with Crippen LogP contribution in [0.5, 0.6) is 0 Å². The van der Waals surface area contributed by atoms with Crippen LogP contribution in [0.3, 0.4) is 0 Å². The molecule has 1 saturated heterocycles. The Labute approximate surface area is 139 Å². The number of para-hydroxylation sites is 1. The van der Waals surface area contributed by atoms with Crippen molar-refractivity contribution in [3.05, 3.63) is 46.4 Å². The number of nitrogens with zero attached hydrogens (tertiary/aromatic N) is 2. The number of thiazole rings is 1. The molecule has 1 aromatic heterocycles. The van der Waals surface area contributed by atoms with Crippen LogP contribution in [0.1, 0.15) is 21.9 Å². The van der Waals surface area contributed by atoms with E-state index < -0.39 is 0 Å². The summed E-state index contributed by atoms with van der Waals surface area (Å²) in [6, 6.07) is 10.3. The molecule has 1 atom stereocenters. The lowest BCUT2D eigenvalue weighted by molar-refractivity contribution is 0.0444. The second-order valence-corrected chi connectivity index (χ2v) is 6.54. The molecule has 0 amide bonds. The Kier molecular flexibility index (Phi) is 5.25. The van der Waals surface area contributed by atoms with Crippen LogP contribution in [0.4, 0.5) is 5.69 Å². The van der Waals surface area contributed by atoms with E-state index in [2.05, 4.69) is 22.0 Å². The highest BCUT2D eigenvalue weighted by molar-refractivity contribution is 7.09. The molecule has 23 heavy (non-hydrogen) atoms. The highest BCUT2D eigenvalue weighted by Crippen LogP contribution is 2.24. The van der Waals surface area contributed by atoms with Crippen LogP contribution in [0, 0.1) is 5.92 Å². The number of carbonyl (C=O) groups excluding carboxylic acids is 1. The van der Waals surface area contributed by atoms with Crippen molar-refractivity contribution in [2.75, 3.05) is 31.7 Å². The Balaban J connectivity index is 1.48. The molecule has 1 unspecified atom stereocenters. The largest absolute Gasteiger partial charge is 0.461 e. The third kappa shape index (κ3) is 4.09. The molecule has 1 fully saturated rings. The van der Waals surface area contributed by atoms with Crippen molar-refractivity contribution in [3.63, 3.8) is 0 Å². The van der Waals surface area contributed by atoms with E-state index in [1.54, 1.807) is 12.5 Å². The minimum atomic E-state index is -0.346. The van der Waals surface area contributed by atoms with Crippen molar-refractivity contribution < 1.29 is 14.3 Å². The van der Waals surface area contributed by atoms with E-state index in [1.807, 2.05) is 18.2 Å². The molecule has 0 saturated carbocycles. The van der Waals surface area contributed by atoms with Gasteiger partial charge in [0.05, 0.1) is 13.2 Å². The number of esters is 1. The van der Waals surface area contributed by atoms with Gasteiger partial charge in [0.15, 0.2) is 5.69 Å². The standard InChI is InChI=1S/C17H20N2O3S/c1-21-11-16-18-15(12-23-16)17(20)22-10-13-7-8-19(9-13)14-5-3-2-4-6-14/h2-6,12-13H,7-11H2,1H3. The normalized spacial score (nSPS) is 17.4. The summed E-state index contributed by atoms with van der Waals surface area (Å²) in [6.07, 6.45) is 1.04. The van der Waals surface area contributed by atoms with Gasteiger partial charge >= 0.3 is 5.97 Å². The molecule has 122 valence electrons. The van der Waals surface area contributed by atoms with Crippen LogP contribution >= 0.6 is 11.3 Å². The van der Waals surface area contributed by atoms with Crippen molar-refractivity contribution in [1.29, 1.82) is 0 Å². The first kappa shape index (κ1) is 16.0. The quantitative estimate of drug-likeness (QED) is 0.761. The summed E-state index contributed by atoms with van der Waals surface area (Å²) in [7, 11) is 1.61. The molecule has 1 aliphatic heterocycles. The fourth-order valence-corrected chi connectivity index (χ4v) is 3.44. The fourth-order valence-electron chi connectivity index (χ4n) is 2.70. The number of hydrogen-bond donors (Lipinski definition) is 0. The number of hydrogen-bond acceptors (Lipinski definition) is 6. The molecule has 3 rings (SSSR count). The summed E-state index contributed by atoms with van der Waals surface area (Å²) in [5.74, 6) is 0.0259. The Morgan fingerprint density at radius 1 is 1.39 bits per heavy atom. The van der Waals surface area contributed by atoms with Crippen molar-refractivity contribution in [2.24, 2.45) is 5.92 Å². The lowest BCUT2D eigenvalue weighted by Crippen LogP contribution is -2.22. The summed E-state index contributed by atoms with van der Waals surface area (Å²) >= 11 is 1.41. The molecule has 1 aliphatic rings. The summed E-state index contributed by atoms with van der Waals surface area (Å²) in [6.45, 7) is 2.79. The van der Waals surface area contributed by atoms with Gasteiger partial charge in [-0.25, -0.2) is 9.78 Å². The maximum Gasteiger partial charge on any atom is 0.357 e. The minimum Gasteiger partial charge on any atom is -0.461 e. The average Bonchev–Trinajstić information content (AvgIpc) is 3.23. The first-order valence-electron chi connectivity index (χ1n) is 7.66. The van der Waals surface area contributed by atoms with Crippen molar-refractivity contribution in [2.45, 2.75) is 13.0 Å². The predicted molar refractivity (Wildman–Crippen MR) is 89.9 cm³/mol. The molecule has 6 heteroatoms. The summed E-state index contributed by atoms with van der Waals surface area (Å²) < 4.78 is 10.4. The fraction of sp³-hybridized carbons (Fsp3) is 0.412. The maximum absolute atomic E-state index is 12.0. The zero-order chi connectivity index (χ0) is 16.1. The van der Waals surface area contributed by atoms with E-state index in [1.165, 1.54) is 17.0 Å². The SMILES string of the molecule is COCc1nc(C(=O)OCC2CCN(c3ccccc3)C2)cs1. The Morgan fingerprint density at radius 2 is 2.22 bits per heavy atom. The minimum absolute atomic E-state index is 0.346. The van der Waals surface area contributed by atoms with Gasteiger partial charge in [-0.3, -0.25) is 0 Å². The predicted octanol–water partition coefficient (Wildman–Crippen LogP) is 2.97. The highest BCUT2D eigenvalue weighted by atomic mass is 32.1. The molecule has 0 aliphatic carbocycles. The molecule has 1 aromatic carbocycles. The van der Waals surface area contributed by atoms with Gasteiger partial charge in [-0.1, -0.05) is 18.2 Å². The van der Waals surface area contributed by atoms with Gasteiger partial charge in [0.1, 0.15) is 5.01 Å². The monoisotopic (exact) mass is 332 g/mol. The highest BCUT2D eigenvalue weighted by Gasteiger charge is 2.24.